The molecule has 1 aromatic carbocycles. The highest BCUT2D eigenvalue weighted by Crippen LogP contribution is 2.36. The van der Waals surface area contributed by atoms with Gasteiger partial charge in [0.1, 0.15) is 0 Å². The molecule has 0 aliphatic heterocycles. The molecule has 0 unspecified atom stereocenters. The third kappa shape index (κ3) is 3.68. The van der Waals surface area contributed by atoms with Crippen LogP contribution < -0.4 is 9.47 Å². The Morgan fingerprint density at radius 2 is 1.65 bits per heavy atom. The van der Waals surface area contributed by atoms with Crippen molar-refractivity contribution in [1.82, 2.24) is 0 Å². The van der Waals surface area contributed by atoms with Crippen molar-refractivity contribution in [2.45, 2.75) is 13.0 Å². The Morgan fingerprint density at radius 1 is 1.06 bits per heavy atom. The van der Waals surface area contributed by atoms with Gasteiger partial charge in [0.25, 0.3) is 0 Å². The predicted octanol–water partition coefficient (Wildman–Crippen LogP) is 3.46. The zero-order valence-corrected chi connectivity index (χ0v) is 7.69. The maximum atomic E-state index is 12.9. The van der Waals surface area contributed by atoms with Gasteiger partial charge in [-0.1, -0.05) is 0 Å². The lowest BCUT2D eigenvalue weighted by Crippen LogP contribution is -2.19. The topological polar surface area (TPSA) is 18.5 Å². The van der Waals surface area contributed by atoms with Crippen molar-refractivity contribution in [3.05, 3.63) is 23.8 Å². The molecule has 1 aromatic rings. The number of alkyl halides is 5. The van der Waals surface area contributed by atoms with Crippen molar-refractivity contribution in [2.24, 2.45) is 0 Å². The van der Waals surface area contributed by atoms with Gasteiger partial charge in [-0.2, -0.15) is 13.2 Å². The van der Waals surface area contributed by atoms with Crippen LogP contribution in [0.3, 0.4) is 0 Å². The molecule has 2 nitrogen and oxygen atoms in total. The first-order valence-electron chi connectivity index (χ1n) is 3.89. The van der Waals surface area contributed by atoms with Gasteiger partial charge in [-0.3, -0.25) is 0 Å². The van der Waals surface area contributed by atoms with Crippen LogP contribution in [-0.4, -0.2) is 13.0 Å². The van der Waals surface area contributed by atoms with E-state index in [0.717, 1.165) is 0 Å². The lowest BCUT2D eigenvalue weighted by Gasteiger charge is -2.14. The van der Waals surface area contributed by atoms with Crippen LogP contribution >= 0.6 is 0 Å². The number of hydrogen-bond acceptors (Lipinski definition) is 2. The van der Waals surface area contributed by atoms with Gasteiger partial charge in [0.15, 0.2) is 11.6 Å². The lowest BCUT2D eigenvalue weighted by atomic mass is 10.3. The Labute approximate surface area is 89.5 Å². The van der Waals surface area contributed by atoms with Crippen LogP contribution in [0, 0.1) is 11.6 Å². The van der Waals surface area contributed by atoms with E-state index in [4.69, 9.17) is 0 Å². The average Bonchev–Trinajstić information content (AvgIpc) is 2.15. The minimum atomic E-state index is -5.37. The molecule has 0 heterocycles. The zero-order chi connectivity index (χ0) is 13.2. The quantitative estimate of drug-likeness (QED) is 0.778. The van der Waals surface area contributed by atoms with Crippen LogP contribution in [-0.2, 0) is 0 Å². The van der Waals surface area contributed by atoms with Crippen LogP contribution in [0.5, 0.6) is 11.5 Å². The summed E-state index contributed by atoms with van der Waals surface area (Å²) >= 11 is 0. The fourth-order valence-electron chi connectivity index (χ4n) is 0.914. The normalized spacial score (nSPS) is 11.8. The van der Waals surface area contributed by atoms with Crippen LogP contribution in [0.1, 0.15) is 0 Å². The van der Waals surface area contributed by atoms with Gasteiger partial charge >= 0.3 is 13.0 Å². The highest BCUT2D eigenvalue weighted by molar-refractivity contribution is 5.41. The third-order valence-electron chi connectivity index (χ3n) is 1.45. The molecule has 0 aliphatic carbocycles. The summed E-state index contributed by atoms with van der Waals surface area (Å²) in [7, 11) is 0. The van der Waals surface area contributed by atoms with E-state index in [1.807, 2.05) is 0 Å². The molecule has 0 aromatic heterocycles. The summed E-state index contributed by atoms with van der Waals surface area (Å²) in [5.74, 6) is -6.79. The minimum Gasteiger partial charge on any atom is -0.431 e. The van der Waals surface area contributed by atoms with Gasteiger partial charge in [-0.15, -0.1) is 13.2 Å². The van der Waals surface area contributed by atoms with Gasteiger partial charge in [0.2, 0.25) is 11.6 Å². The molecule has 0 amide bonds. The molecule has 0 N–H and O–H groups in total. The highest BCUT2D eigenvalue weighted by atomic mass is 19.4. The van der Waals surface area contributed by atoms with Crippen molar-refractivity contribution in [3.63, 3.8) is 0 Å². The predicted molar refractivity (Wildman–Crippen MR) is 39.7 cm³/mol. The second-order valence-electron chi connectivity index (χ2n) is 2.61. The number of halogens is 7. The van der Waals surface area contributed by atoms with Crippen molar-refractivity contribution in [3.8, 4) is 11.5 Å². The molecule has 0 atom stereocenters. The van der Waals surface area contributed by atoms with E-state index in [2.05, 4.69) is 9.47 Å². The van der Waals surface area contributed by atoms with Gasteiger partial charge in [0, 0.05) is 0 Å². The van der Waals surface area contributed by atoms with E-state index < -0.39 is 36.1 Å². The standard InChI is InChI=1S/C8H3F7O2/c9-3-1-2-4(16-7(11)12)6(5(3)10)17-8(13,14)15/h1-2,7H. The summed E-state index contributed by atoms with van der Waals surface area (Å²) in [6.07, 6.45) is -5.37. The summed E-state index contributed by atoms with van der Waals surface area (Å²) in [4.78, 5) is 0. The summed E-state index contributed by atoms with van der Waals surface area (Å²) < 4.78 is 91.2. The summed E-state index contributed by atoms with van der Waals surface area (Å²) in [6, 6.07) is 0.724. The summed E-state index contributed by atoms with van der Waals surface area (Å²) in [6.45, 7) is -3.50. The first-order chi connectivity index (χ1) is 7.70. The summed E-state index contributed by atoms with van der Waals surface area (Å²) in [5, 5.41) is 0. The van der Waals surface area contributed by atoms with E-state index in [1.165, 1.54) is 0 Å². The van der Waals surface area contributed by atoms with E-state index in [9.17, 15) is 30.7 Å². The first-order valence-corrected chi connectivity index (χ1v) is 3.89. The Bertz CT molecular complexity index is 402. The van der Waals surface area contributed by atoms with Crippen LogP contribution in [0.2, 0.25) is 0 Å². The van der Waals surface area contributed by atoms with Crippen molar-refractivity contribution < 1.29 is 40.2 Å². The molecule has 9 heteroatoms. The fraction of sp³-hybridized carbons (Fsp3) is 0.250. The number of ether oxygens (including phenoxy) is 2. The van der Waals surface area contributed by atoms with Crippen LogP contribution in [0.4, 0.5) is 30.7 Å². The Hall–Kier alpha value is -1.67. The molecule has 0 bridgehead atoms. The van der Waals surface area contributed by atoms with Gasteiger partial charge < -0.3 is 9.47 Å². The Balaban J connectivity index is 3.17. The van der Waals surface area contributed by atoms with E-state index >= 15 is 0 Å². The molecule has 1 rings (SSSR count). The molecule has 17 heavy (non-hydrogen) atoms. The average molecular weight is 264 g/mol. The summed E-state index contributed by atoms with van der Waals surface area (Å²) in [5.41, 5.74) is 0. The monoisotopic (exact) mass is 264 g/mol. The second kappa shape index (κ2) is 4.68. The number of benzene rings is 1. The molecular weight excluding hydrogens is 261 g/mol. The smallest absolute Gasteiger partial charge is 0.431 e. The minimum absolute atomic E-state index is 0.330. The molecular formula is C8H3F7O2. The Morgan fingerprint density at radius 3 is 2.12 bits per heavy atom. The van der Waals surface area contributed by atoms with Gasteiger partial charge in [-0.05, 0) is 12.1 Å². The molecule has 0 radical (unpaired) electrons. The van der Waals surface area contributed by atoms with Crippen LogP contribution in [0.15, 0.2) is 12.1 Å². The third-order valence-corrected chi connectivity index (χ3v) is 1.45. The molecule has 0 fully saturated rings. The van der Waals surface area contributed by atoms with Crippen LogP contribution in [0.25, 0.3) is 0 Å². The van der Waals surface area contributed by atoms with E-state index in [1.54, 1.807) is 0 Å². The maximum Gasteiger partial charge on any atom is 0.573 e. The van der Waals surface area contributed by atoms with Crippen molar-refractivity contribution >= 4 is 0 Å². The number of rotatable bonds is 3. The molecule has 0 saturated heterocycles. The fourth-order valence-corrected chi connectivity index (χ4v) is 0.914. The molecule has 0 aliphatic rings. The first kappa shape index (κ1) is 13.4. The van der Waals surface area contributed by atoms with Gasteiger partial charge in [-0.25, -0.2) is 4.39 Å². The largest absolute Gasteiger partial charge is 0.573 e. The molecule has 0 saturated carbocycles. The number of hydrogen-bond donors (Lipinski definition) is 0. The van der Waals surface area contributed by atoms with Gasteiger partial charge in [0.05, 0.1) is 0 Å². The molecule has 0 spiro atoms. The Kier molecular flexibility index (Phi) is 3.69. The van der Waals surface area contributed by atoms with E-state index in [0.29, 0.717) is 12.1 Å². The SMILES string of the molecule is Fc1ccc(OC(F)F)c(OC(F)(F)F)c1F. The lowest BCUT2D eigenvalue weighted by molar-refractivity contribution is -0.276. The molecule has 96 valence electrons. The van der Waals surface area contributed by atoms with Crippen molar-refractivity contribution in [1.29, 1.82) is 0 Å². The van der Waals surface area contributed by atoms with E-state index in [-0.39, 0.29) is 0 Å². The van der Waals surface area contributed by atoms with Crippen molar-refractivity contribution in [2.75, 3.05) is 0 Å². The highest BCUT2D eigenvalue weighted by Gasteiger charge is 2.35. The zero-order valence-electron chi connectivity index (χ0n) is 7.69. The maximum absolute atomic E-state index is 12.9. The second-order valence-corrected chi connectivity index (χ2v) is 2.61.